The van der Waals surface area contributed by atoms with Crippen molar-refractivity contribution in [3.8, 4) is 17.7 Å². The number of nitrogens with one attached hydrogen (secondary N) is 1. The van der Waals surface area contributed by atoms with Crippen molar-refractivity contribution in [2.75, 3.05) is 12.0 Å². The molecule has 0 bridgehead atoms. The number of para-hydroxylation sites is 1. The van der Waals surface area contributed by atoms with Crippen LogP contribution in [0, 0.1) is 12.0 Å². The van der Waals surface area contributed by atoms with Crippen LogP contribution in [-0.2, 0) is 9.59 Å². The van der Waals surface area contributed by atoms with E-state index in [4.69, 9.17) is 10.5 Å². The summed E-state index contributed by atoms with van der Waals surface area (Å²) in [7, 11) is 1.58. The summed E-state index contributed by atoms with van der Waals surface area (Å²) in [6.07, 6.45) is 3.98. The number of amides is 2. The average Bonchev–Trinajstić information content (AvgIpc) is 3.16. The number of carbonyl (C=O) groups excluding carboxylic acids is 2. The number of benzene rings is 1. The number of nitrogens with two attached hydrogens (primary N) is 1. The van der Waals surface area contributed by atoms with Crippen molar-refractivity contribution >= 4 is 29.2 Å². The number of hydrogen-bond acceptors (Lipinski definition) is 3. The molecule has 2 heterocycles. The van der Waals surface area contributed by atoms with Crippen molar-refractivity contribution in [3.05, 3.63) is 47.8 Å². The Bertz CT molecular complexity index is 915. The normalized spacial score (nSPS) is 14.2. The van der Waals surface area contributed by atoms with Crippen LogP contribution in [0.5, 0.6) is 5.75 Å². The van der Waals surface area contributed by atoms with E-state index in [1.807, 2.05) is 24.3 Å². The van der Waals surface area contributed by atoms with E-state index in [9.17, 15) is 9.59 Å². The van der Waals surface area contributed by atoms with Gasteiger partial charge in [-0.25, -0.2) is 4.90 Å². The highest BCUT2D eigenvalue weighted by Gasteiger charge is 2.31. The number of H-pyrrole nitrogens is 1. The van der Waals surface area contributed by atoms with Crippen molar-refractivity contribution in [2.24, 2.45) is 5.73 Å². The van der Waals surface area contributed by atoms with Gasteiger partial charge in [0, 0.05) is 30.6 Å². The third-order valence-corrected chi connectivity index (χ3v) is 3.80. The highest BCUT2D eigenvalue weighted by atomic mass is 16.5. The van der Waals surface area contributed by atoms with Crippen LogP contribution < -0.4 is 15.4 Å². The monoisotopic (exact) mass is 335 g/mol. The molecule has 0 fully saturated rings. The molecule has 0 radical (unpaired) electrons. The Morgan fingerprint density at radius 2 is 2.16 bits per heavy atom. The molecule has 1 aromatic heterocycles. The number of rotatable bonds is 4. The fourth-order valence-electron chi connectivity index (χ4n) is 2.62. The predicted molar refractivity (Wildman–Crippen MR) is 95.3 cm³/mol. The largest absolute Gasteiger partial charge is 0.495 e. The van der Waals surface area contributed by atoms with Gasteiger partial charge < -0.3 is 15.5 Å². The number of anilines is 1. The second kappa shape index (κ2) is 6.97. The fourth-order valence-corrected chi connectivity index (χ4v) is 2.62. The van der Waals surface area contributed by atoms with Crippen LogP contribution in [0.4, 0.5) is 5.69 Å². The molecule has 0 unspecified atom stereocenters. The van der Waals surface area contributed by atoms with Crippen molar-refractivity contribution in [1.82, 2.24) is 4.98 Å². The van der Waals surface area contributed by atoms with Crippen LogP contribution >= 0.6 is 0 Å². The van der Waals surface area contributed by atoms with Crippen molar-refractivity contribution in [3.63, 3.8) is 0 Å². The standard InChI is InChI=1S/C19H17N3O3/c1-25-17-9-10-21-15(17)12-14-13-6-2-3-7-16(13)22(19(14)24)11-5-4-8-18(20)23/h2-3,6-7,9-10,12,21H,4,8H2,1H3,(H2,20,23). The Balaban J connectivity index is 1.97. The smallest absolute Gasteiger partial charge is 0.270 e. The number of ether oxygens (including phenoxy) is 1. The molecule has 3 rings (SSSR count). The summed E-state index contributed by atoms with van der Waals surface area (Å²) in [6, 6.07) is 12.0. The van der Waals surface area contributed by atoms with Crippen LogP contribution in [0.2, 0.25) is 0 Å². The summed E-state index contributed by atoms with van der Waals surface area (Å²) in [5, 5.41) is 0. The third kappa shape index (κ3) is 3.26. The summed E-state index contributed by atoms with van der Waals surface area (Å²) >= 11 is 0. The fraction of sp³-hybridized carbons (Fsp3) is 0.158. The van der Waals surface area contributed by atoms with Gasteiger partial charge in [-0.1, -0.05) is 24.1 Å². The zero-order valence-corrected chi connectivity index (χ0v) is 13.7. The minimum Gasteiger partial charge on any atom is -0.495 e. The molecule has 0 saturated carbocycles. The van der Waals surface area contributed by atoms with Gasteiger partial charge in [0.15, 0.2) is 0 Å². The van der Waals surface area contributed by atoms with E-state index in [1.165, 1.54) is 4.90 Å². The number of carbonyl (C=O) groups is 2. The van der Waals surface area contributed by atoms with Crippen LogP contribution in [0.3, 0.4) is 0 Å². The van der Waals surface area contributed by atoms with Gasteiger partial charge >= 0.3 is 0 Å². The second-order valence-corrected chi connectivity index (χ2v) is 5.43. The lowest BCUT2D eigenvalue weighted by Crippen LogP contribution is -2.20. The first-order chi connectivity index (χ1) is 12.1. The van der Waals surface area contributed by atoms with Crippen molar-refractivity contribution in [1.29, 1.82) is 0 Å². The molecular weight excluding hydrogens is 318 g/mol. The van der Waals surface area contributed by atoms with Gasteiger partial charge in [0.05, 0.1) is 24.1 Å². The second-order valence-electron chi connectivity index (χ2n) is 5.43. The van der Waals surface area contributed by atoms with E-state index in [-0.39, 0.29) is 12.3 Å². The summed E-state index contributed by atoms with van der Waals surface area (Å²) in [5.41, 5.74) is 7.86. The molecular formula is C19H17N3O3. The number of methoxy groups -OCH3 is 1. The molecule has 6 heteroatoms. The van der Waals surface area contributed by atoms with E-state index < -0.39 is 5.91 Å². The van der Waals surface area contributed by atoms with E-state index >= 15 is 0 Å². The molecule has 0 aliphatic carbocycles. The molecule has 3 N–H and O–H groups in total. The molecule has 25 heavy (non-hydrogen) atoms. The van der Waals surface area contributed by atoms with E-state index in [2.05, 4.69) is 16.9 Å². The van der Waals surface area contributed by atoms with Crippen molar-refractivity contribution < 1.29 is 14.3 Å². The third-order valence-electron chi connectivity index (χ3n) is 3.80. The summed E-state index contributed by atoms with van der Waals surface area (Å²) in [6.45, 7) is 0. The minimum atomic E-state index is -0.415. The van der Waals surface area contributed by atoms with Crippen LogP contribution in [0.25, 0.3) is 11.6 Å². The first kappa shape index (κ1) is 16.4. The summed E-state index contributed by atoms with van der Waals surface area (Å²) < 4.78 is 5.28. The summed E-state index contributed by atoms with van der Waals surface area (Å²) in [5.74, 6) is 2.85. The first-order valence-corrected chi connectivity index (χ1v) is 7.75. The number of nitrogens with zero attached hydrogens (tertiary/aromatic N) is 1. The van der Waals surface area contributed by atoms with Crippen molar-refractivity contribution in [2.45, 2.75) is 12.8 Å². The molecule has 0 spiro atoms. The van der Waals surface area contributed by atoms with Gasteiger partial charge in [-0.15, -0.1) is 0 Å². The number of hydrogen-bond donors (Lipinski definition) is 2. The lowest BCUT2D eigenvalue weighted by molar-refractivity contribution is -0.118. The highest BCUT2D eigenvalue weighted by molar-refractivity contribution is 6.36. The van der Waals surface area contributed by atoms with Gasteiger partial charge in [-0.05, 0) is 18.2 Å². The molecule has 6 nitrogen and oxygen atoms in total. The molecule has 126 valence electrons. The van der Waals surface area contributed by atoms with E-state index in [0.29, 0.717) is 23.4 Å². The number of aromatic nitrogens is 1. The Morgan fingerprint density at radius 1 is 1.36 bits per heavy atom. The maximum atomic E-state index is 12.8. The molecule has 1 aliphatic rings. The van der Waals surface area contributed by atoms with Gasteiger partial charge in [0.25, 0.3) is 5.91 Å². The molecule has 2 aromatic rings. The molecule has 1 aliphatic heterocycles. The van der Waals surface area contributed by atoms with Crippen LogP contribution in [0.1, 0.15) is 24.1 Å². The average molecular weight is 335 g/mol. The quantitative estimate of drug-likeness (QED) is 0.663. The van der Waals surface area contributed by atoms with E-state index in [1.54, 1.807) is 25.4 Å². The van der Waals surface area contributed by atoms with Crippen LogP contribution in [-0.4, -0.2) is 23.9 Å². The molecule has 0 atom stereocenters. The number of primary amides is 1. The van der Waals surface area contributed by atoms with Gasteiger partial charge in [-0.2, -0.15) is 0 Å². The van der Waals surface area contributed by atoms with Gasteiger partial charge in [-0.3, -0.25) is 9.59 Å². The first-order valence-electron chi connectivity index (χ1n) is 7.75. The molecule has 2 amide bonds. The zero-order chi connectivity index (χ0) is 17.8. The summed E-state index contributed by atoms with van der Waals surface area (Å²) in [4.78, 5) is 28.1. The molecule has 1 aromatic carbocycles. The predicted octanol–water partition coefficient (Wildman–Crippen LogP) is 2.14. The Kier molecular flexibility index (Phi) is 4.57. The lowest BCUT2D eigenvalue weighted by Gasteiger charge is -2.07. The highest BCUT2D eigenvalue weighted by Crippen LogP contribution is 2.37. The Morgan fingerprint density at radius 3 is 2.92 bits per heavy atom. The lowest BCUT2D eigenvalue weighted by atomic mass is 10.1. The maximum absolute atomic E-state index is 12.8. The number of fused-ring (bicyclic) bond motifs is 1. The van der Waals surface area contributed by atoms with E-state index in [0.717, 1.165) is 11.3 Å². The Hall–Kier alpha value is -3.46. The maximum Gasteiger partial charge on any atom is 0.270 e. The minimum absolute atomic E-state index is 0.166. The number of aromatic amines is 1. The Labute approximate surface area is 145 Å². The van der Waals surface area contributed by atoms with Gasteiger partial charge in [0.2, 0.25) is 5.91 Å². The molecule has 0 saturated heterocycles. The topological polar surface area (TPSA) is 88.4 Å². The SMILES string of the molecule is COc1cc[nH]c1C=C1C(=O)N(C#CCCC(N)=O)c2ccccc21. The van der Waals surface area contributed by atoms with Crippen LogP contribution in [0.15, 0.2) is 36.5 Å². The van der Waals surface area contributed by atoms with Gasteiger partial charge in [0.1, 0.15) is 5.75 Å². The zero-order valence-electron chi connectivity index (χ0n) is 13.7.